The number of amides is 2. The number of nitrogens with one attached hydrogen (secondary N) is 1. The highest BCUT2D eigenvalue weighted by Crippen LogP contribution is 2.22. The van der Waals surface area contributed by atoms with Gasteiger partial charge in [0.05, 0.1) is 6.54 Å². The Morgan fingerprint density at radius 1 is 1.56 bits per heavy atom. The molecule has 2 atom stereocenters. The molecule has 0 aromatic carbocycles. The Morgan fingerprint density at radius 3 is 2.83 bits per heavy atom. The second-order valence-electron chi connectivity index (χ2n) is 4.77. The molecular weight excluding hydrogens is 234 g/mol. The van der Waals surface area contributed by atoms with Crippen LogP contribution in [-0.2, 0) is 16.1 Å². The van der Waals surface area contributed by atoms with Crippen LogP contribution in [-0.4, -0.2) is 33.5 Å². The van der Waals surface area contributed by atoms with Crippen LogP contribution in [0.25, 0.3) is 0 Å². The third-order valence-corrected chi connectivity index (χ3v) is 3.51. The summed E-state index contributed by atoms with van der Waals surface area (Å²) in [5.74, 6) is -0.220. The molecule has 1 aliphatic heterocycles. The molecule has 6 nitrogen and oxygen atoms in total. The van der Waals surface area contributed by atoms with E-state index in [0.717, 1.165) is 0 Å². The first-order valence-electron chi connectivity index (χ1n) is 6.00. The Kier molecular flexibility index (Phi) is 3.11. The molecule has 0 aliphatic carbocycles. The Morgan fingerprint density at radius 2 is 2.28 bits per heavy atom. The van der Waals surface area contributed by atoms with Crippen LogP contribution in [0, 0.1) is 0 Å². The number of carbonyl (C=O) groups is 2. The van der Waals surface area contributed by atoms with Crippen molar-refractivity contribution in [1.29, 1.82) is 0 Å². The van der Waals surface area contributed by atoms with Crippen LogP contribution >= 0.6 is 0 Å². The second-order valence-corrected chi connectivity index (χ2v) is 4.77. The maximum absolute atomic E-state index is 12.4. The molecule has 1 aliphatic rings. The molecule has 18 heavy (non-hydrogen) atoms. The quantitative estimate of drug-likeness (QED) is 0.857. The van der Waals surface area contributed by atoms with Crippen molar-refractivity contribution in [2.75, 3.05) is 0 Å². The third-order valence-electron chi connectivity index (χ3n) is 3.51. The average Bonchev–Trinajstić information content (AvgIpc) is 2.85. The van der Waals surface area contributed by atoms with Gasteiger partial charge in [0.2, 0.25) is 11.8 Å². The van der Waals surface area contributed by atoms with Crippen molar-refractivity contribution in [2.45, 2.75) is 45.3 Å². The van der Waals surface area contributed by atoms with Gasteiger partial charge in [0.1, 0.15) is 23.5 Å². The van der Waals surface area contributed by atoms with E-state index >= 15 is 0 Å². The van der Waals surface area contributed by atoms with Gasteiger partial charge in [-0.15, -0.1) is 0 Å². The maximum Gasteiger partial charge on any atom is 0.249 e. The zero-order chi connectivity index (χ0) is 13.3. The SMILES string of the molecule is CCC1(C)NC(=O)C(C)N(Cc2ccon2)C1=O. The van der Waals surface area contributed by atoms with E-state index in [2.05, 4.69) is 10.5 Å². The summed E-state index contributed by atoms with van der Waals surface area (Å²) in [6.07, 6.45) is 2.01. The first kappa shape index (κ1) is 12.6. The summed E-state index contributed by atoms with van der Waals surface area (Å²) in [6, 6.07) is 1.20. The summed E-state index contributed by atoms with van der Waals surface area (Å²) < 4.78 is 4.74. The van der Waals surface area contributed by atoms with Gasteiger partial charge in [-0.25, -0.2) is 0 Å². The molecule has 0 spiro atoms. The van der Waals surface area contributed by atoms with Crippen molar-refractivity contribution in [3.05, 3.63) is 18.0 Å². The van der Waals surface area contributed by atoms with Gasteiger partial charge < -0.3 is 14.7 Å². The zero-order valence-electron chi connectivity index (χ0n) is 10.8. The fourth-order valence-corrected chi connectivity index (χ4v) is 2.01. The van der Waals surface area contributed by atoms with E-state index < -0.39 is 11.6 Å². The van der Waals surface area contributed by atoms with Crippen LogP contribution in [0.15, 0.2) is 16.9 Å². The summed E-state index contributed by atoms with van der Waals surface area (Å²) in [5, 5.41) is 6.55. The summed E-state index contributed by atoms with van der Waals surface area (Å²) in [7, 11) is 0. The lowest BCUT2D eigenvalue weighted by Gasteiger charge is -2.42. The van der Waals surface area contributed by atoms with Crippen LogP contribution in [0.3, 0.4) is 0 Å². The minimum atomic E-state index is -0.826. The lowest BCUT2D eigenvalue weighted by atomic mass is 9.92. The van der Waals surface area contributed by atoms with Gasteiger partial charge in [0, 0.05) is 6.07 Å². The van der Waals surface area contributed by atoms with E-state index in [4.69, 9.17) is 4.52 Å². The molecule has 0 bridgehead atoms. The Labute approximate surface area is 105 Å². The van der Waals surface area contributed by atoms with Crippen molar-refractivity contribution in [1.82, 2.24) is 15.4 Å². The van der Waals surface area contributed by atoms with Crippen molar-refractivity contribution >= 4 is 11.8 Å². The molecule has 1 fully saturated rings. The van der Waals surface area contributed by atoms with Crippen LogP contribution < -0.4 is 5.32 Å². The molecule has 2 unspecified atom stereocenters. The number of hydrogen-bond donors (Lipinski definition) is 1. The smallest absolute Gasteiger partial charge is 0.249 e. The molecule has 0 radical (unpaired) electrons. The highest BCUT2D eigenvalue weighted by Gasteiger charge is 2.45. The highest BCUT2D eigenvalue weighted by molar-refractivity contribution is 5.99. The van der Waals surface area contributed by atoms with Gasteiger partial charge >= 0.3 is 0 Å². The largest absolute Gasteiger partial charge is 0.364 e. The predicted molar refractivity (Wildman–Crippen MR) is 63.4 cm³/mol. The summed E-state index contributed by atoms with van der Waals surface area (Å²) in [6.45, 7) is 5.62. The summed E-state index contributed by atoms with van der Waals surface area (Å²) >= 11 is 0. The van der Waals surface area contributed by atoms with E-state index in [1.165, 1.54) is 6.26 Å². The Hall–Kier alpha value is -1.85. The molecular formula is C12H17N3O3. The maximum atomic E-state index is 12.4. The lowest BCUT2D eigenvalue weighted by molar-refractivity contribution is -0.154. The van der Waals surface area contributed by atoms with Crippen molar-refractivity contribution in [3.63, 3.8) is 0 Å². The van der Waals surface area contributed by atoms with E-state index in [1.54, 1.807) is 24.8 Å². The van der Waals surface area contributed by atoms with Crippen LogP contribution in [0.5, 0.6) is 0 Å². The molecule has 1 aromatic heterocycles. The first-order chi connectivity index (χ1) is 8.48. The molecule has 2 heterocycles. The van der Waals surface area contributed by atoms with Crippen LogP contribution in [0.1, 0.15) is 32.9 Å². The normalized spacial score (nSPS) is 28.4. The van der Waals surface area contributed by atoms with Crippen molar-refractivity contribution in [3.8, 4) is 0 Å². The summed E-state index contributed by atoms with van der Waals surface area (Å²) in [5.41, 5.74) is -0.184. The summed E-state index contributed by atoms with van der Waals surface area (Å²) in [4.78, 5) is 25.9. The van der Waals surface area contributed by atoms with E-state index in [-0.39, 0.29) is 11.8 Å². The van der Waals surface area contributed by atoms with E-state index in [1.807, 2.05) is 6.92 Å². The van der Waals surface area contributed by atoms with Gasteiger partial charge in [-0.1, -0.05) is 12.1 Å². The van der Waals surface area contributed by atoms with E-state index in [9.17, 15) is 9.59 Å². The third kappa shape index (κ3) is 1.98. The second kappa shape index (κ2) is 4.44. The van der Waals surface area contributed by atoms with Gasteiger partial charge in [0.15, 0.2) is 0 Å². The van der Waals surface area contributed by atoms with E-state index in [0.29, 0.717) is 18.7 Å². The standard InChI is InChI=1S/C12H17N3O3/c1-4-12(3)11(17)15(8(2)10(16)13-12)7-9-5-6-18-14-9/h5-6,8H,4,7H2,1-3H3,(H,13,16). The monoisotopic (exact) mass is 251 g/mol. The number of carbonyl (C=O) groups excluding carboxylic acids is 2. The molecule has 1 N–H and O–H groups in total. The predicted octanol–water partition coefficient (Wildman–Crippen LogP) is 0.690. The van der Waals surface area contributed by atoms with Gasteiger partial charge in [-0.05, 0) is 20.3 Å². The Balaban J connectivity index is 2.25. The minimum Gasteiger partial charge on any atom is -0.364 e. The van der Waals surface area contributed by atoms with Gasteiger partial charge in [0.25, 0.3) is 0 Å². The molecule has 98 valence electrons. The molecule has 1 aromatic rings. The minimum absolute atomic E-state index is 0.0832. The highest BCUT2D eigenvalue weighted by atomic mass is 16.5. The fraction of sp³-hybridized carbons (Fsp3) is 0.583. The first-order valence-corrected chi connectivity index (χ1v) is 6.00. The average molecular weight is 251 g/mol. The van der Waals surface area contributed by atoms with Gasteiger partial charge in [-0.2, -0.15) is 0 Å². The number of piperazine rings is 1. The van der Waals surface area contributed by atoms with Crippen LogP contribution in [0.2, 0.25) is 0 Å². The molecule has 0 saturated carbocycles. The molecule has 2 rings (SSSR count). The molecule has 2 amide bonds. The van der Waals surface area contributed by atoms with Crippen molar-refractivity contribution < 1.29 is 14.1 Å². The number of aromatic nitrogens is 1. The molecule has 1 saturated heterocycles. The van der Waals surface area contributed by atoms with Gasteiger partial charge in [-0.3, -0.25) is 9.59 Å². The molecule has 6 heteroatoms. The number of nitrogens with zero attached hydrogens (tertiary/aromatic N) is 2. The van der Waals surface area contributed by atoms with Crippen LogP contribution in [0.4, 0.5) is 0 Å². The topological polar surface area (TPSA) is 75.4 Å². The fourth-order valence-electron chi connectivity index (χ4n) is 2.01. The zero-order valence-corrected chi connectivity index (χ0v) is 10.8. The lowest BCUT2D eigenvalue weighted by Crippen LogP contribution is -2.68. The number of rotatable bonds is 3. The number of hydrogen-bond acceptors (Lipinski definition) is 4. The Bertz CT molecular complexity index is 457. The van der Waals surface area contributed by atoms with Crippen molar-refractivity contribution in [2.24, 2.45) is 0 Å².